The minimum Gasteiger partial charge on any atom is -0.455 e. The number of hydrogen-bond donors (Lipinski definition) is 0. The molecule has 0 aliphatic carbocycles. The van der Waals surface area contributed by atoms with E-state index in [0.29, 0.717) is 0 Å². The number of anilines is 3. The number of para-hydroxylation sites is 4. The highest BCUT2D eigenvalue weighted by Crippen LogP contribution is 2.44. The molecule has 0 amide bonds. The highest BCUT2D eigenvalue weighted by atomic mass is 16.3. The monoisotopic (exact) mass is 755 g/mol. The largest absolute Gasteiger partial charge is 0.455 e. The van der Waals surface area contributed by atoms with Crippen molar-refractivity contribution >= 4 is 93.3 Å². The summed E-state index contributed by atoms with van der Waals surface area (Å²) in [7, 11) is 0. The Morgan fingerprint density at radius 2 is 0.644 bits per heavy atom. The minimum absolute atomic E-state index is 0.917. The van der Waals surface area contributed by atoms with Crippen molar-refractivity contribution in [2.45, 2.75) is 13.8 Å². The van der Waals surface area contributed by atoms with E-state index in [1.54, 1.807) is 0 Å². The third kappa shape index (κ3) is 5.15. The summed E-state index contributed by atoms with van der Waals surface area (Å²) in [5.74, 6) is 0. The van der Waals surface area contributed by atoms with E-state index in [1.165, 1.54) is 32.3 Å². The zero-order chi connectivity index (χ0) is 39.2. The van der Waals surface area contributed by atoms with Gasteiger partial charge < -0.3 is 13.7 Å². The van der Waals surface area contributed by atoms with E-state index in [9.17, 15) is 0 Å². The fraction of sp³-hybridized carbons (Fsp3) is 0.0357. The minimum atomic E-state index is 0.917. The van der Waals surface area contributed by atoms with Gasteiger partial charge in [0.05, 0.1) is 0 Å². The molecule has 3 heteroatoms. The summed E-state index contributed by atoms with van der Waals surface area (Å²) < 4.78 is 13.1. The zero-order valence-corrected chi connectivity index (χ0v) is 32.7. The van der Waals surface area contributed by atoms with Crippen molar-refractivity contribution in [1.29, 1.82) is 0 Å². The van der Waals surface area contributed by atoms with Crippen LogP contribution in [0.4, 0.5) is 17.1 Å². The molecule has 0 radical (unpaired) electrons. The first-order valence-electron chi connectivity index (χ1n) is 20.2. The van der Waals surface area contributed by atoms with Crippen molar-refractivity contribution in [1.82, 2.24) is 0 Å². The van der Waals surface area contributed by atoms with Gasteiger partial charge in [-0.2, -0.15) is 0 Å². The molecule has 0 spiro atoms. The van der Waals surface area contributed by atoms with Crippen LogP contribution in [0.5, 0.6) is 0 Å². The Bertz CT molecular complexity index is 3430. The summed E-state index contributed by atoms with van der Waals surface area (Å²) in [6.45, 7) is 4.22. The highest BCUT2D eigenvalue weighted by molar-refractivity contribution is 6.26. The first-order valence-corrected chi connectivity index (χ1v) is 20.2. The van der Waals surface area contributed by atoms with E-state index in [4.69, 9.17) is 8.83 Å². The lowest BCUT2D eigenvalue weighted by Gasteiger charge is -2.26. The van der Waals surface area contributed by atoms with Gasteiger partial charge in [0.25, 0.3) is 0 Å². The molecular weight excluding hydrogens is 719 g/mol. The van der Waals surface area contributed by atoms with Gasteiger partial charge in [-0.1, -0.05) is 152 Å². The van der Waals surface area contributed by atoms with Crippen molar-refractivity contribution < 1.29 is 8.83 Å². The second-order valence-corrected chi connectivity index (χ2v) is 15.7. The van der Waals surface area contributed by atoms with E-state index in [0.717, 1.165) is 94.3 Å². The molecule has 59 heavy (non-hydrogen) atoms. The van der Waals surface area contributed by atoms with Crippen LogP contribution >= 0.6 is 0 Å². The molecular formula is C56H37NO2. The normalized spacial score (nSPS) is 11.9. The second kappa shape index (κ2) is 13.0. The first kappa shape index (κ1) is 33.5. The van der Waals surface area contributed by atoms with E-state index in [-0.39, 0.29) is 0 Å². The van der Waals surface area contributed by atoms with Gasteiger partial charge in [0, 0.05) is 49.7 Å². The van der Waals surface area contributed by atoms with Crippen LogP contribution in [0, 0.1) is 13.8 Å². The Hall–Kier alpha value is -7.62. The molecule has 2 aromatic heterocycles. The van der Waals surface area contributed by atoms with Crippen LogP contribution in [-0.2, 0) is 0 Å². The molecule has 0 unspecified atom stereocenters. The lowest BCUT2D eigenvalue weighted by molar-refractivity contribution is 0.666. The summed E-state index contributed by atoms with van der Waals surface area (Å²) in [6.07, 6.45) is 0. The Balaban J connectivity index is 1.02. The second-order valence-electron chi connectivity index (χ2n) is 15.7. The Morgan fingerprint density at radius 3 is 1.10 bits per heavy atom. The lowest BCUT2D eigenvalue weighted by atomic mass is 9.94. The molecule has 12 rings (SSSR count). The highest BCUT2D eigenvalue weighted by Gasteiger charge is 2.19. The first-order chi connectivity index (χ1) is 29.1. The topological polar surface area (TPSA) is 29.5 Å². The maximum Gasteiger partial charge on any atom is 0.143 e. The number of aryl methyl sites for hydroxylation is 2. The van der Waals surface area contributed by atoms with Crippen LogP contribution in [-0.4, -0.2) is 0 Å². The fourth-order valence-electron chi connectivity index (χ4n) is 9.44. The third-order valence-electron chi connectivity index (χ3n) is 12.3. The van der Waals surface area contributed by atoms with Gasteiger partial charge >= 0.3 is 0 Å². The maximum atomic E-state index is 6.57. The van der Waals surface area contributed by atoms with Crippen molar-refractivity contribution in [3.63, 3.8) is 0 Å². The van der Waals surface area contributed by atoms with Crippen molar-refractivity contribution in [3.05, 3.63) is 199 Å². The van der Waals surface area contributed by atoms with Crippen LogP contribution in [0.15, 0.2) is 197 Å². The molecule has 3 nitrogen and oxygen atoms in total. The molecule has 10 aromatic carbocycles. The summed E-state index contributed by atoms with van der Waals surface area (Å²) in [6, 6.07) is 67.9. The molecule has 0 saturated carbocycles. The number of fused-ring (bicyclic) bond motifs is 12. The molecule has 0 N–H and O–H groups in total. The van der Waals surface area contributed by atoms with Crippen molar-refractivity contribution in [2.75, 3.05) is 4.90 Å². The standard InChI is InChI=1S/C56H37NO2/c1-34-11-7-19-48-50-21-9-17-41(55(50)58-53(34)48)36-23-27-38(28-24-36)57(40-31-32-47-45-15-4-3-13-43(45)44-14-5-6-16-46(44)52(47)33-40)39-29-25-37(26-30-39)42-18-10-22-51-49-20-8-12-35(2)54(49)59-56(42)51/h3-33H,1-2H3. The zero-order valence-electron chi connectivity index (χ0n) is 32.7. The van der Waals surface area contributed by atoms with Crippen LogP contribution in [0.2, 0.25) is 0 Å². The third-order valence-corrected chi connectivity index (χ3v) is 12.3. The van der Waals surface area contributed by atoms with Gasteiger partial charge in [0.2, 0.25) is 0 Å². The van der Waals surface area contributed by atoms with Crippen LogP contribution in [0.25, 0.3) is 98.4 Å². The molecule has 0 aliphatic rings. The number of nitrogens with zero attached hydrogens (tertiary/aromatic N) is 1. The molecule has 0 aliphatic heterocycles. The fourth-order valence-corrected chi connectivity index (χ4v) is 9.44. The summed E-state index contributed by atoms with van der Waals surface area (Å²) >= 11 is 0. The van der Waals surface area contributed by atoms with Gasteiger partial charge in [-0.25, -0.2) is 0 Å². The Kier molecular flexibility index (Phi) is 7.36. The summed E-state index contributed by atoms with van der Waals surface area (Å²) in [4.78, 5) is 2.37. The Morgan fingerprint density at radius 1 is 0.288 bits per heavy atom. The average Bonchev–Trinajstić information content (AvgIpc) is 3.88. The summed E-state index contributed by atoms with van der Waals surface area (Å²) in [5.41, 5.74) is 13.6. The van der Waals surface area contributed by atoms with Gasteiger partial charge in [-0.05, 0) is 105 Å². The van der Waals surface area contributed by atoms with Gasteiger partial charge in [0.1, 0.15) is 22.3 Å². The quantitative estimate of drug-likeness (QED) is 0.164. The number of furan rings is 2. The van der Waals surface area contributed by atoms with E-state index in [1.807, 2.05) is 0 Å². The Labute approximate surface area is 341 Å². The smallest absolute Gasteiger partial charge is 0.143 e. The molecule has 0 fully saturated rings. The van der Waals surface area contributed by atoms with Crippen LogP contribution in [0.3, 0.4) is 0 Å². The number of hydrogen-bond acceptors (Lipinski definition) is 3. The SMILES string of the molecule is Cc1cccc2c1oc1c(-c3ccc(N(c4ccc(-c5cccc6c5oc5c(C)cccc56)cc4)c4ccc5c6ccccc6c6ccccc6c5c4)cc3)cccc12. The molecule has 0 saturated heterocycles. The van der Waals surface area contributed by atoms with Gasteiger partial charge in [0.15, 0.2) is 0 Å². The van der Waals surface area contributed by atoms with Crippen LogP contribution in [0.1, 0.15) is 11.1 Å². The predicted molar refractivity (Wildman–Crippen MR) is 249 cm³/mol. The van der Waals surface area contributed by atoms with Crippen LogP contribution < -0.4 is 4.90 Å². The lowest BCUT2D eigenvalue weighted by Crippen LogP contribution is -2.10. The van der Waals surface area contributed by atoms with Crippen molar-refractivity contribution in [3.8, 4) is 22.3 Å². The number of benzene rings is 10. The molecule has 278 valence electrons. The maximum absolute atomic E-state index is 6.57. The van der Waals surface area contributed by atoms with Gasteiger partial charge in [-0.3, -0.25) is 0 Å². The van der Waals surface area contributed by atoms with E-state index in [2.05, 4.69) is 207 Å². The molecule has 0 atom stereocenters. The molecule has 12 aromatic rings. The average molecular weight is 756 g/mol. The molecule has 0 bridgehead atoms. The van der Waals surface area contributed by atoms with E-state index >= 15 is 0 Å². The predicted octanol–water partition coefficient (Wildman–Crippen LogP) is 16.4. The van der Waals surface area contributed by atoms with E-state index < -0.39 is 0 Å². The number of rotatable bonds is 5. The molecule has 2 heterocycles. The summed E-state index contributed by atoms with van der Waals surface area (Å²) in [5, 5.41) is 12.1. The van der Waals surface area contributed by atoms with Crippen molar-refractivity contribution in [2.24, 2.45) is 0 Å². The van der Waals surface area contributed by atoms with Gasteiger partial charge in [-0.15, -0.1) is 0 Å².